The van der Waals surface area contributed by atoms with E-state index in [9.17, 15) is 0 Å². The Morgan fingerprint density at radius 1 is 1.19 bits per heavy atom. The van der Waals surface area contributed by atoms with Crippen LogP contribution < -0.4 is 10.6 Å². The Balaban J connectivity index is 1.92. The van der Waals surface area contributed by atoms with Gasteiger partial charge in [0.1, 0.15) is 0 Å². The Morgan fingerprint density at radius 3 is 2.57 bits per heavy atom. The number of rotatable bonds is 5. The normalized spacial score (nSPS) is 12.0. The zero-order chi connectivity index (χ0) is 15.1. The first-order valence-electron chi connectivity index (χ1n) is 6.83. The van der Waals surface area contributed by atoms with E-state index in [1.807, 2.05) is 56.7 Å². The van der Waals surface area contributed by atoms with E-state index in [0.29, 0.717) is 5.11 Å². The second-order valence-corrected chi connectivity index (χ2v) is 5.38. The molecule has 2 aromatic rings. The molecule has 0 bridgehead atoms. The van der Waals surface area contributed by atoms with Crippen molar-refractivity contribution in [1.82, 2.24) is 15.2 Å². The number of hydrogen-bond acceptors (Lipinski definition) is 3. The van der Waals surface area contributed by atoms with E-state index < -0.39 is 0 Å². The van der Waals surface area contributed by atoms with Crippen molar-refractivity contribution in [3.05, 3.63) is 60.4 Å². The van der Waals surface area contributed by atoms with Gasteiger partial charge in [-0.15, -0.1) is 0 Å². The van der Waals surface area contributed by atoms with Gasteiger partial charge in [-0.25, -0.2) is 0 Å². The van der Waals surface area contributed by atoms with Gasteiger partial charge >= 0.3 is 0 Å². The van der Waals surface area contributed by atoms with Crippen molar-refractivity contribution >= 4 is 23.0 Å². The summed E-state index contributed by atoms with van der Waals surface area (Å²) < 4.78 is 0. The van der Waals surface area contributed by atoms with E-state index >= 15 is 0 Å². The number of pyridine rings is 1. The van der Waals surface area contributed by atoms with Crippen LogP contribution in [0.3, 0.4) is 0 Å². The fraction of sp³-hybridized carbons (Fsp3) is 0.250. The van der Waals surface area contributed by atoms with Crippen LogP contribution in [0.4, 0.5) is 5.69 Å². The third-order valence-corrected chi connectivity index (χ3v) is 3.43. The Labute approximate surface area is 131 Å². The summed E-state index contributed by atoms with van der Waals surface area (Å²) in [6.07, 6.45) is 3.67. The van der Waals surface area contributed by atoms with Crippen LogP contribution in [0.2, 0.25) is 0 Å². The minimum absolute atomic E-state index is 0.217. The maximum absolute atomic E-state index is 5.33. The molecule has 2 rings (SSSR count). The van der Waals surface area contributed by atoms with Crippen molar-refractivity contribution in [1.29, 1.82) is 0 Å². The van der Waals surface area contributed by atoms with Crippen LogP contribution >= 0.6 is 12.2 Å². The molecule has 0 saturated carbocycles. The maximum Gasteiger partial charge on any atom is 0.170 e. The molecule has 0 fully saturated rings. The van der Waals surface area contributed by atoms with Gasteiger partial charge in [-0.3, -0.25) is 4.98 Å². The molecule has 4 nitrogen and oxygen atoms in total. The quantitative estimate of drug-likeness (QED) is 0.831. The summed E-state index contributed by atoms with van der Waals surface area (Å²) in [5, 5.41) is 7.06. The summed E-state index contributed by atoms with van der Waals surface area (Å²) in [4.78, 5) is 6.33. The summed E-state index contributed by atoms with van der Waals surface area (Å²) in [6.45, 7) is 0.720. The van der Waals surface area contributed by atoms with Crippen LogP contribution in [-0.2, 0) is 0 Å². The van der Waals surface area contributed by atoms with Crippen LogP contribution in [0.5, 0.6) is 0 Å². The molecule has 1 aromatic carbocycles. The lowest BCUT2D eigenvalue weighted by Gasteiger charge is -2.25. The lowest BCUT2D eigenvalue weighted by Crippen LogP contribution is -2.36. The number of likely N-dealkylation sites (N-methyl/N-ethyl adjacent to an activating group) is 1. The molecule has 0 aliphatic rings. The molecule has 110 valence electrons. The van der Waals surface area contributed by atoms with Gasteiger partial charge in [0.25, 0.3) is 0 Å². The average Bonchev–Trinajstić information content (AvgIpc) is 2.49. The molecule has 0 aliphatic heterocycles. The van der Waals surface area contributed by atoms with Gasteiger partial charge in [-0.1, -0.05) is 24.3 Å². The first-order valence-corrected chi connectivity index (χ1v) is 7.24. The van der Waals surface area contributed by atoms with Gasteiger partial charge in [0.05, 0.1) is 6.04 Å². The third kappa shape index (κ3) is 4.81. The molecule has 0 amide bonds. The Hall–Kier alpha value is -1.98. The molecule has 0 aliphatic carbocycles. The summed E-state index contributed by atoms with van der Waals surface area (Å²) in [5.74, 6) is 0. The molecule has 0 radical (unpaired) electrons. The lowest BCUT2D eigenvalue weighted by molar-refractivity contribution is 0.298. The van der Waals surface area contributed by atoms with Gasteiger partial charge < -0.3 is 15.5 Å². The molecular formula is C16H20N4S. The molecule has 5 heteroatoms. The summed E-state index contributed by atoms with van der Waals surface area (Å²) in [5.41, 5.74) is 2.15. The van der Waals surface area contributed by atoms with Crippen molar-refractivity contribution in [2.45, 2.75) is 6.04 Å². The second kappa shape index (κ2) is 7.71. The first-order chi connectivity index (χ1) is 10.2. The summed E-state index contributed by atoms with van der Waals surface area (Å²) in [7, 11) is 4.10. The van der Waals surface area contributed by atoms with Crippen molar-refractivity contribution in [2.75, 3.05) is 26.0 Å². The Bertz CT molecular complexity index is 557. The van der Waals surface area contributed by atoms with E-state index in [2.05, 4.69) is 26.6 Å². The Morgan fingerprint density at radius 2 is 1.95 bits per heavy atom. The van der Waals surface area contributed by atoms with Crippen LogP contribution in [0, 0.1) is 0 Å². The fourth-order valence-corrected chi connectivity index (χ4v) is 2.26. The zero-order valence-corrected chi connectivity index (χ0v) is 13.1. The van der Waals surface area contributed by atoms with Gasteiger partial charge in [0, 0.05) is 24.6 Å². The van der Waals surface area contributed by atoms with E-state index in [1.165, 1.54) is 0 Å². The molecule has 21 heavy (non-hydrogen) atoms. The van der Waals surface area contributed by atoms with Crippen molar-refractivity contribution < 1.29 is 0 Å². The SMILES string of the molecule is CN(C)[C@@H](CNC(=S)Nc1ccccc1)c1cccnc1. The zero-order valence-electron chi connectivity index (χ0n) is 12.3. The van der Waals surface area contributed by atoms with E-state index in [0.717, 1.165) is 17.8 Å². The first kappa shape index (κ1) is 15.4. The van der Waals surface area contributed by atoms with Gasteiger partial charge in [0.2, 0.25) is 0 Å². The minimum Gasteiger partial charge on any atom is -0.361 e. The number of benzene rings is 1. The highest BCUT2D eigenvalue weighted by Crippen LogP contribution is 2.15. The molecule has 2 N–H and O–H groups in total. The predicted molar refractivity (Wildman–Crippen MR) is 91.3 cm³/mol. The minimum atomic E-state index is 0.217. The Kier molecular flexibility index (Phi) is 5.66. The molecule has 0 unspecified atom stereocenters. The van der Waals surface area contributed by atoms with E-state index in [-0.39, 0.29) is 6.04 Å². The second-order valence-electron chi connectivity index (χ2n) is 4.97. The number of aromatic nitrogens is 1. The molecule has 1 heterocycles. The van der Waals surface area contributed by atoms with Crippen LogP contribution in [0.1, 0.15) is 11.6 Å². The van der Waals surface area contributed by atoms with Crippen molar-refractivity contribution in [3.8, 4) is 0 Å². The van der Waals surface area contributed by atoms with Crippen molar-refractivity contribution in [2.24, 2.45) is 0 Å². The average molecular weight is 300 g/mol. The molecule has 1 atom stereocenters. The number of nitrogens with zero attached hydrogens (tertiary/aromatic N) is 2. The number of para-hydroxylation sites is 1. The van der Waals surface area contributed by atoms with E-state index in [1.54, 1.807) is 6.20 Å². The highest BCUT2D eigenvalue weighted by Gasteiger charge is 2.14. The lowest BCUT2D eigenvalue weighted by atomic mass is 10.1. The van der Waals surface area contributed by atoms with Crippen molar-refractivity contribution in [3.63, 3.8) is 0 Å². The highest BCUT2D eigenvalue weighted by molar-refractivity contribution is 7.80. The van der Waals surface area contributed by atoms with Crippen LogP contribution in [0.25, 0.3) is 0 Å². The number of thiocarbonyl (C=S) groups is 1. The molecule has 1 aromatic heterocycles. The number of anilines is 1. The summed E-state index contributed by atoms with van der Waals surface area (Å²) >= 11 is 5.33. The highest BCUT2D eigenvalue weighted by atomic mass is 32.1. The standard InChI is InChI=1S/C16H20N4S/c1-20(2)15(13-7-6-10-17-11-13)12-18-16(21)19-14-8-4-3-5-9-14/h3-11,15H,12H2,1-2H3,(H2,18,19,21)/t15-/m0/s1. The van der Waals surface area contributed by atoms with Gasteiger partial charge in [-0.2, -0.15) is 0 Å². The smallest absolute Gasteiger partial charge is 0.170 e. The molecule has 0 spiro atoms. The number of nitrogens with one attached hydrogen (secondary N) is 2. The predicted octanol–water partition coefficient (Wildman–Crippen LogP) is 2.67. The van der Waals surface area contributed by atoms with E-state index in [4.69, 9.17) is 12.2 Å². The monoisotopic (exact) mass is 300 g/mol. The van der Waals surface area contributed by atoms with Crippen LogP contribution in [0.15, 0.2) is 54.9 Å². The maximum atomic E-state index is 5.33. The number of hydrogen-bond donors (Lipinski definition) is 2. The van der Waals surface area contributed by atoms with Gasteiger partial charge in [0.15, 0.2) is 5.11 Å². The largest absolute Gasteiger partial charge is 0.361 e. The summed E-state index contributed by atoms with van der Waals surface area (Å²) in [6, 6.07) is 14.1. The van der Waals surface area contributed by atoms with Gasteiger partial charge in [-0.05, 0) is 50.1 Å². The molecule has 0 saturated heterocycles. The third-order valence-electron chi connectivity index (χ3n) is 3.18. The van der Waals surface area contributed by atoms with Crippen LogP contribution in [-0.4, -0.2) is 35.6 Å². The fourth-order valence-electron chi connectivity index (χ4n) is 2.06. The molecular weight excluding hydrogens is 280 g/mol. The topological polar surface area (TPSA) is 40.2 Å².